The van der Waals surface area contributed by atoms with E-state index < -0.39 is 0 Å². The summed E-state index contributed by atoms with van der Waals surface area (Å²) < 4.78 is 0. The monoisotopic (exact) mass is 235 g/mol. The van der Waals surface area contributed by atoms with E-state index in [1.165, 1.54) is 0 Å². The van der Waals surface area contributed by atoms with E-state index in [9.17, 15) is 5.11 Å². The summed E-state index contributed by atoms with van der Waals surface area (Å²) in [6.07, 6.45) is 0. The van der Waals surface area contributed by atoms with Crippen LogP contribution in [-0.2, 0) is 0 Å². The van der Waals surface area contributed by atoms with E-state index in [0.29, 0.717) is 5.71 Å². The number of nitrogens with one attached hydrogen (secondary N) is 1. The predicted molar refractivity (Wildman–Crippen MR) is 75.6 cm³/mol. The van der Waals surface area contributed by atoms with E-state index >= 15 is 0 Å². The maximum Gasteiger partial charge on any atom is 0.116 e. The third kappa shape index (κ3) is 1.54. The molecule has 2 heteroatoms. The molecule has 0 fully saturated rings. The van der Waals surface area contributed by atoms with E-state index in [0.717, 1.165) is 27.1 Å². The number of hydrogen-bond acceptors (Lipinski definition) is 2. The van der Waals surface area contributed by atoms with Crippen LogP contribution in [-0.4, -0.2) is 10.8 Å². The van der Waals surface area contributed by atoms with Gasteiger partial charge in [0.1, 0.15) is 5.75 Å². The zero-order chi connectivity index (χ0) is 12.7. The van der Waals surface area contributed by atoms with Crippen molar-refractivity contribution in [1.82, 2.24) is 0 Å². The summed E-state index contributed by atoms with van der Waals surface area (Å²) in [6, 6.07) is 15.4. The highest BCUT2D eigenvalue weighted by Crippen LogP contribution is 2.30. The van der Waals surface area contributed by atoms with Gasteiger partial charge in [0.2, 0.25) is 0 Å². The van der Waals surface area contributed by atoms with E-state index in [2.05, 4.69) is 0 Å². The molecule has 0 atom stereocenters. The summed E-state index contributed by atoms with van der Waals surface area (Å²) in [5, 5.41) is 21.7. The van der Waals surface area contributed by atoms with Crippen molar-refractivity contribution in [2.45, 2.75) is 6.92 Å². The van der Waals surface area contributed by atoms with Crippen molar-refractivity contribution in [2.24, 2.45) is 0 Å². The zero-order valence-corrected chi connectivity index (χ0v) is 10.1. The Balaban J connectivity index is 2.51. The molecule has 0 unspecified atom stereocenters. The molecular weight excluding hydrogens is 222 g/mol. The Kier molecular flexibility index (Phi) is 2.30. The van der Waals surface area contributed by atoms with Gasteiger partial charge in [-0.1, -0.05) is 36.4 Å². The van der Waals surface area contributed by atoms with E-state index in [-0.39, 0.29) is 5.75 Å². The fourth-order valence-electron chi connectivity index (χ4n) is 2.40. The van der Waals surface area contributed by atoms with Crippen LogP contribution in [0.2, 0.25) is 0 Å². The normalized spacial score (nSPS) is 10.9. The van der Waals surface area contributed by atoms with Crippen LogP contribution in [0.1, 0.15) is 12.5 Å². The third-order valence-corrected chi connectivity index (χ3v) is 3.27. The number of aromatic hydroxyl groups is 1. The van der Waals surface area contributed by atoms with Crippen LogP contribution in [0.4, 0.5) is 0 Å². The SMILES string of the molecule is CC(=N)c1cccc2c1ccc1ccc(O)cc12. The largest absolute Gasteiger partial charge is 0.508 e. The molecule has 0 aromatic heterocycles. The summed E-state index contributed by atoms with van der Waals surface area (Å²) in [7, 11) is 0. The molecule has 0 aliphatic rings. The average molecular weight is 235 g/mol. The van der Waals surface area contributed by atoms with Gasteiger partial charge in [-0.15, -0.1) is 0 Å². The molecule has 18 heavy (non-hydrogen) atoms. The van der Waals surface area contributed by atoms with Gasteiger partial charge in [0.25, 0.3) is 0 Å². The first-order valence-corrected chi connectivity index (χ1v) is 5.87. The number of phenols is 1. The Morgan fingerprint density at radius 1 is 0.944 bits per heavy atom. The molecule has 2 nitrogen and oxygen atoms in total. The number of benzene rings is 3. The van der Waals surface area contributed by atoms with Gasteiger partial charge in [0.15, 0.2) is 0 Å². The van der Waals surface area contributed by atoms with Crippen molar-refractivity contribution in [2.75, 3.05) is 0 Å². The van der Waals surface area contributed by atoms with Gasteiger partial charge in [0, 0.05) is 11.3 Å². The quantitative estimate of drug-likeness (QED) is 0.484. The maximum absolute atomic E-state index is 9.63. The van der Waals surface area contributed by atoms with Crippen molar-refractivity contribution in [3.63, 3.8) is 0 Å². The molecule has 0 saturated carbocycles. The Morgan fingerprint density at radius 3 is 2.50 bits per heavy atom. The van der Waals surface area contributed by atoms with Crippen LogP contribution in [0.15, 0.2) is 48.5 Å². The maximum atomic E-state index is 9.63. The lowest BCUT2D eigenvalue weighted by molar-refractivity contribution is 0.476. The van der Waals surface area contributed by atoms with Gasteiger partial charge in [-0.25, -0.2) is 0 Å². The van der Waals surface area contributed by atoms with Crippen LogP contribution < -0.4 is 0 Å². The van der Waals surface area contributed by atoms with Crippen molar-refractivity contribution in [3.8, 4) is 5.75 Å². The topological polar surface area (TPSA) is 44.1 Å². The van der Waals surface area contributed by atoms with Gasteiger partial charge in [-0.2, -0.15) is 0 Å². The molecule has 88 valence electrons. The van der Waals surface area contributed by atoms with Gasteiger partial charge < -0.3 is 10.5 Å². The van der Waals surface area contributed by atoms with Crippen LogP contribution >= 0.6 is 0 Å². The standard InChI is InChI=1S/C16H13NO/c1-10(17)13-3-2-4-14-15(13)8-6-11-5-7-12(18)9-16(11)14/h2-9,17-18H,1H3. The lowest BCUT2D eigenvalue weighted by Gasteiger charge is -2.08. The number of phenolic OH excluding ortho intramolecular Hbond substituents is 1. The van der Waals surface area contributed by atoms with Gasteiger partial charge in [-0.05, 0) is 40.6 Å². The minimum atomic E-state index is 0.270. The lowest BCUT2D eigenvalue weighted by atomic mass is 9.96. The number of rotatable bonds is 1. The Labute approximate surface area is 105 Å². The lowest BCUT2D eigenvalue weighted by Crippen LogP contribution is -1.93. The van der Waals surface area contributed by atoms with Crippen molar-refractivity contribution < 1.29 is 5.11 Å². The molecule has 0 bridgehead atoms. The van der Waals surface area contributed by atoms with Crippen LogP contribution in [0.5, 0.6) is 5.75 Å². The summed E-state index contributed by atoms with van der Waals surface area (Å²) in [5.41, 5.74) is 1.50. The van der Waals surface area contributed by atoms with Crippen LogP contribution in [0.3, 0.4) is 0 Å². The third-order valence-electron chi connectivity index (χ3n) is 3.27. The van der Waals surface area contributed by atoms with E-state index in [4.69, 9.17) is 5.41 Å². The second-order valence-corrected chi connectivity index (χ2v) is 4.50. The average Bonchev–Trinajstić information content (AvgIpc) is 2.37. The highest BCUT2D eigenvalue weighted by molar-refractivity contribution is 6.15. The molecule has 0 saturated heterocycles. The van der Waals surface area contributed by atoms with Crippen molar-refractivity contribution in [1.29, 1.82) is 5.41 Å². The molecular formula is C16H13NO. The molecule has 3 rings (SSSR count). The Morgan fingerprint density at radius 2 is 1.72 bits per heavy atom. The fraction of sp³-hybridized carbons (Fsp3) is 0.0625. The van der Waals surface area contributed by atoms with Crippen LogP contribution in [0, 0.1) is 5.41 Å². The zero-order valence-electron chi connectivity index (χ0n) is 10.1. The molecule has 0 radical (unpaired) electrons. The second kappa shape index (κ2) is 3.84. The highest BCUT2D eigenvalue weighted by Gasteiger charge is 2.06. The molecule has 0 heterocycles. The molecule has 0 aliphatic carbocycles. The smallest absolute Gasteiger partial charge is 0.116 e. The molecule has 0 spiro atoms. The van der Waals surface area contributed by atoms with Gasteiger partial charge in [-0.3, -0.25) is 0 Å². The molecule has 0 aliphatic heterocycles. The molecule has 0 amide bonds. The molecule has 3 aromatic carbocycles. The summed E-state index contributed by atoms with van der Waals surface area (Å²) in [5.74, 6) is 0.270. The number of hydrogen-bond donors (Lipinski definition) is 2. The minimum absolute atomic E-state index is 0.270. The summed E-state index contributed by atoms with van der Waals surface area (Å²) in [4.78, 5) is 0. The summed E-state index contributed by atoms with van der Waals surface area (Å²) in [6.45, 7) is 1.79. The minimum Gasteiger partial charge on any atom is -0.508 e. The Hall–Kier alpha value is -2.35. The number of fused-ring (bicyclic) bond motifs is 3. The van der Waals surface area contributed by atoms with Crippen LogP contribution in [0.25, 0.3) is 21.5 Å². The van der Waals surface area contributed by atoms with Gasteiger partial charge in [0.05, 0.1) is 0 Å². The van der Waals surface area contributed by atoms with Gasteiger partial charge >= 0.3 is 0 Å². The van der Waals surface area contributed by atoms with Crippen molar-refractivity contribution >= 4 is 27.3 Å². The molecule has 3 aromatic rings. The highest BCUT2D eigenvalue weighted by atomic mass is 16.3. The first kappa shape index (κ1) is 10.8. The second-order valence-electron chi connectivity index (χ2n) is 4.50. The summed E-state index contributed by atoms with van der Waals surface area (Å²) >= 11 is 0. The first-order chi connectivity index (χ1) is 8.66. The molecule has 2 N–H and O–H groups in total. The van der Waals surface area contributed by atoms with E-state index in [1.807, 2.05) is 36.4 Å². The first-order valence-electron chi connectivity index (χ1n) is 5.87. The Bertz CT molecular complexity index is 774. The predicted octanol–water partition coefficient (Wildman–Crippen LogP) is 4.09. The fourth-order valence-corrected chi connectivity index (χ4v) is 2.40. The van der Waals surface area contributed by atoms with Crippen molar-refractivity contribution in [3.05, 3.63) is 54.1 Å². The van der Waals surface area contributed by atoms with E-state index in [1.54, 1.807) is 19.1 Å².